The molecule has 0 atom stereocenters. The van der Waals surface area contributed by atoms with Crippen molar-refractivity contribution in [1.82, 2.24) is 5.43 Å². The van der Waals surface area contributed by atoms with Gasteiger partial charge < -0.3 is 19.5 Å². The van der Waals surface area contributed by atoms with Crippen LogP contribution in [-0.4, -0.2) is 38.9 Å². The van der Waals surface area contributed by atoms with Gasteiger partial charge in [0.25, 0.3) is 11.8 Å². The third kappa shape index (κ3) is 6.23. The fourth-order valence-corrected chi connectivity index (χ4v) is 3.66. The predicted molar refractivity (Wildman–Crippen MR) is 137 cm³/mol. The van der Waals surface area contributed by atoms with Crippen molar-refractivity contribution in [2.45, 2.75) is 6.92 Å². The van der Waals surface area contributed by atoms with Crippen LogP contribution in [0.3, 0.4) is 0 Å². The Hall–Kier alpha value is -3.75. The molecule has 0 aliphatic heterocycles. The lowest BCUT2D eigenvalue weighted by Gasteiger charge is -2.13. The number of hydrogen-bond donors (Lipinski definition) is 2. The van der Waals surface area contributed by atoms with E-state index in [0.29, 0.717) is 44.8 Å². The number of benzene rings is 3. The maximum absolute atomic E-state index is 12.7. The lowest BCUT2D eigenvalue weighted by molar-refractivity contribution is 0.0953. The monoisotopic (exact) mass is 515 g/mol. The molecule has 0 unspecified atom stereocenters. The molecular formula is C25H23Cl2N3O5. The van der Waals surface area contributed by atoms with Crippen molar-refractivity contribution in [3.05, 3.63) is 81.3 Å². The number of carbonyl (C=O) groups excluding carboxylic acids is 2. The second kappa shape index (κ2) is 11.6. The molecule has 0 fully saturated rings. The van der Waals surface area contributed by atoms with Crippen molar-refractivity contribution in [2.75, 3.05) is 26.6 Å². The standard InChI is InChI=1S/C25H23Cl2N3O5/c1-14(29-30-24(31)16-11-21(33-2)23(35-4)22(12-16)34-3)15-6-5-7-18(10-15)28-25(32)19-9-8-17(26)13-20(19)27/h5-13H,1-4H3,(H,28,32)(H,30,31). The first-order valence-electron chi connectivity index (χ1n) is 10.3. The molecule has 0 saturated carbocycles. The Morgan fingerprint density at radius 3 is 2.11 bits per heavy atom. The van der Waals surface area contributed by atoms with Crippen LogP contribution in [0, 0.1) is 0 Å². The summed E-state index contributed by atoms with van der Waals surface area (Å²) in [4.78, 5) is 25.3. The van der Waals surface area contributed by atoms with Gasteiger partial charge in [-0.2, -0.15) is 5.10 Å². The highest BCUT2D eigenvalue weighted by Crippen LogP contribution is 2.38. The van der Waals surface area contributed by atoms with Crippen molar-refractivity contribution in [2.24, 2.45) is 5.10 Å². The maximum Gasteiger partial charge on any atom is 0.271 e. The number of amides is 2. The summed E-state index contributed by atoms with van der Waals surface area (Å²) in [5.74, 6) is 0.230. The van der Waals surface area contributed by atoms with Gasteiger partial charge >= 0.3 is 0 Å². The molecule has 0 aromatic heterocycles. The summed E-state index contributed by atoms with van der Waals surface area (Å²) >= 11 is 12.0. The van der Waals surface area contributed by atoms with Crippen LogP contribution in [-0.2, 0) is 0 Å². The van der Waals surface area contributed by atoms with Crippen molar-refractivity contribution in [1.29, 1.82) is 0 Å². The van der Waals surface area contributed by atoms with Gasteiger partial charge in [-0.15, -0.1) is 0 Å². The number of rotatable bonds is 8. The van der Waals surface area contributed by atoms with Gasteiger partial charge in [0.05, 0.1) is 37.6 Å². The maximum atomic E-state index is 12.7. The zero-order valence-electron chi connectivity index (χ0n) is 19.4. The molecule has 3 aromatic carbocycles. The van der Waals surface area contributed by atoms with Crippen molar-refractivity contribution in [3.63, 3.8) is 0 Å². The van der Waals surface area contributed by atoms with E-state index >= 15 is 0 Å². The Kier molecular flexibility index (Phi) is 8.57. The molecule has 35 heavy (non-hydrogen) atoms. The van der Waals surface area contributed by atoms with Crippen LogP contribution in [0.25, 0.3) is 0 Å². The SMILES string of the molecule is COc1cc(C(=O)NN=C(C)c2cccc(NC(=O)c3ccc(Cl)cc3Cl)c2)cc(OC)c1OC. The molecule has 2 N–H and O–H groups in total. The molecule has 0 bridgehead atoms. The number of carbonyl (C=O) groups is 2. The molecule has 182 valence electrons. The summed E-state index contributed by atoms with van der Waals surface area (Å²) in [5, 5.41) is 7.66. The highest BCUT2D eigenvalue weighted by molar-refractivity contribution is 6.37. The van der Waals surface area contributed by atoms with E-state index in [4.69, 9.17) is 37.4 Å². The van der Waals surface area contributed by atoms with Crippen LogP contribution in [0.15, 0.2) is 59.7 Å². The second-order valence-electron chi connectivity index (χ2n) is 7.21. The van der Waals surface area contributed by atoms with Gasteiger partial charge in [0.15, 0.2) is 11.5 Å². The van der Waals surface area contributed by atoms with Crippen LogP contribution in [0.5, 0.6) is 17.2 Å². The molecule has 8 nitrogen and oxygen atoms in total. The van der Waals surface area contributed by atoms with Crippen LogP contribution in [0.2, 0.25) is 10.0 Å². The number of nitrogens with zero attached hydrogens (tertiary/aromatic N) is 1. The fraction of sp³-hybridized carbons (Fsp3) is 0.160. The third-order valence-electron chi connectivity index (χ3n) is 4.97. The molecule has 10 heteroatoms. The predicted octanol–water partition coefficient (Wildman–Crippen LogP) is 5.43. The van der Waals surface area contributed by atoms with E-state index in [1.54, 1.807) is 43.3 Å². The van der Waals surface area contributed by atoms with E-state index in [0.717, 1.165) is 0 Å². The van der Waals surface area contributed by atoms with Crippen molar-refractivity contribution in [3.8, 4) is 17.2 Å². The number of hydrazone groups is 1. The summed E-state index contributed by atoms with van der Waals surface area (Å²) in [6, 6.07) is 14.7. The normalized spacial score (nSPS) is 11.0. The minimum Gasteiger partial charge on any atom is -0.493 e. The highest BCUT2D eigenvalue weighted by atomic mass is 35.5. The lowest BCUT2D eigenvalue weighted by Crippen LogP contribution is -2.19. The first-order chi connectivity index (χ1) is 16.8. The first kappa shape index (κ1) is 25.9. The first-order valence-corrected chi connectivity index (χ1v) is 11.0. The molecule has 0 aliphatic rings. The molecule has 3 aromatic rings. The Bertz CT molecular complexity index is 1270. The molecule has 3 rings (SSSR count). The molecule has 0 aliphatic carbocycles. The van der Waals surface area contributed by atoms with Crippen LogP contribution >= 0.6 is 23.2 Å². The van der Waals surface area contributed by atoms with Gasteiger partial charge in [-0.05, 0) is 55.0 Å². The van der Waals surface area contributed by atoms with Gasteiger partial charge in [0.1, 0.15) is 0 Å². The van der Waals surface area contributed by atoms with E-state index in [9.17, 15) is 9.59 Å². The zero-order chi connectivity index (χ0) is 25.5. The van der Waals surface area contributed by atoms with Gasteiger partial charge in [0.2, 0.25) is 5.75 Å². The molecule has 0 spiro atoms. The second-order valence-corrected chi connectivity index (χ2v) is 8.05. The minimum atomic E-state index is -0.467. The Morgan fingerprint density at radius 2 is 1.51 bits per heavy atom. The molecule has 0 radical (unpaired) electrons. The minimum absolute atomic E-state index is 0.249. The van der Waals surface area contributed by atoms with Gasteiger partial charge in [-0.1, -0.05) is 35.3 Å². The number of anilines is 1. The number of halogens is 2. The largest absolute Gasteiger partial charge is 0.493 e. The summed E-state index contributed by atoms with van der Waals surface area (Å²) in [6.07, 6.45) is 0. The van der Waals surface area contributed by atoms with Crippen molar-refractivity contribution >= 4 is 46.4 Å². The van der Waals surface area contributed by atoms with Gasteiger partial charge in [-0.25, -0.2) is 5.43 Å². The molecule has 2 amide bonds. The van der Waals surface area contributed by atoms with E-state index in [1.807, 2.05) is 0 Å². The van der Waals surface area contributed by atoms with Crippen molar-refractivity contribution < 1.29 is 23.8 Å². The number of methoxy groups -OCH3 is 3. The van der Waals surface area contributed by atoms with Gasteiger partial charge in [0, 0.05) is 16.3 Å². The summed E-state index contributed by atoms with van der Waals surface area (Å²) in [6.45, 7) is 1.73. The average Bonchev–Trinajstić information content (AvgIpc) is 2.86. The van der Waals surface area contributed by atoms with E-state index in [1.165, 1.54) is 39.5 Å². The van der Waals surface area contributed by atoms with Gasteiger partial charge in [-0.3, -0.25) is 9.59 Å². The quantitative estimate of drug-likeness (QED) is 0.308. The summed E-state index contributed by atoms with van der Waals surface area (Å²) < 4.78 is 15.8. The lowest BCUT2D eigenvalue weighted by atomic mass is 10.1. The van der Waals surface area contributed by atoms with Crippen LogP contribution in [0.4, 0.5) is 5.69 Å². The third-order valence-corrected chi connectivity index (χ3v) is 5.51. The number of nitrogens with one attached hydrogen (secondary N) is 2. The zero-order valence-corrected chi connectivity index (χ0v) is 21.0. The number of ether oxygens (including phenoxy) is 3. The topological polar surface area (TPSA) is 98.2 Å². The number of hydrogen-bond acceptors (Lipinski definition) is 6. The Labute approximate surface area is 212 Å². The smallest absolute Gasteiger partial charge is 0.271 e. The molecule has 0 heterocycles. The fourth-order valence-electron chi connectivity index (χ4n) is 3.17. The van der Waals surface area contributed by atoms with E-state index < -0.39 is 5.91 Å². The Morgan fingerprint density at radius 1 is 0.829 bits per heavy atom. The average molecular weight is 516 g/mol. The Balaban J connectivity index is 1.75. The van der Waals surface area contributed by atoms with E-state index in [2.05, 4.69) is 15.8 Å². The van der Waals surface area contributed by atoms with Crippen LogP contribution in [0.1, 0.15) is 33.2 Å². The summed E-state index contributed by atoms with van der Waals surface area (Å²) in [5.41, 5.74) is 4.83. The van der Waals surface area contributed by atoms with E-state index in [-0.39, 0.29) is 16.5 Å². The summed E-state index contributed by atoms with van der Waals surface area (Å²) in [7, 11) is 4.41. The van der Waals surface area contributed by atoms with Crippen LogP contribution < -0.4 is 25.0 Å². The molecular weight excluding hydrogens is 493 g/mol. The highest BCUT2D eigenvalue weighted by Gasteiger charge is 2.17. The molecule has 0 saturated heterocycles.